The molecule has 2 unspecified atom stereocenters. The summed E-state index contributed by atoms with van der Waals surface area (Å²) in [6.07, 6.45) is 16.7. The van der Waals surface area contributed by atoms with Crippen LogP contribution in [0.25, 0.3) is 0 Å². The lowest BCUT2D eigenvalue weighted by Gasteiger charge is -2.28. The van der Waals surface area contributed by atoms with Crippen molar-refractivity contribution in [3.8, 4) is 0 Å². The van der Waals surface area contributed by atoms with Crippen molar-refractivity contribution < 1.29 is 19.0 Å². The van der Waals surface area contributed by atoms with E-state index in [-0.39, 0.29) is 18.0 Å². The maximum Gasteiger partial charge on any atom is 0.163 e. The van der Waals surface area contributed by atoms with Crippen LogP contribution in [-0.4, -0.2) is 43.4 Å². The summed E-state index contributed by atoms with van der Waals surface area (Å²) in [7, 11) is 0. The SMILES string of the molecule is CCCCCCCCCCCCCCOCC(C)OCC(C)OC(C)(C)C(=O)CC. The molecule has 0 fully saturated rings. The summed E-state index contributed by atoms with van der Waals surface area (Å²) in [6.45, 7) is 13.7. The fourth-order valence-electron chi connectivity index (χ4n) is 3.67. The van der Waals surface area contributed by atoms with Gasteiger partial charge in [-0.3, -0.25) is 4.79 Å². The maximum atomic E-state index is 11.9. The monoisotopic (exact) mass is 428 g/mol. The lowest BCUT2D eigenvalue weighted by atomic mass is 10.0. The van der Waals surface area contributed by atoms with Crippen molar-refractivity contribution in [1.29, 1.82) is 0 Å². The molecule has 0 bridgehead atoms. The Morgan fingerprint density at radius 2 is 1.23 bits per heavy atom. The second kappa shape index (κ2) is 19.3. The van der Waals surface area contributed by atoms with Crippen molar-refractivity contribution in [3.05, 3.63) is 0 Å². The molecular formula is C26H52O4. The highest BCUT2D eigenvalue weighted by atomic mass is 16.6. The number of hydrogen-bond acceptors (Lipinski definition) is 4. The van der Waals surface area contributed by atoms with Crippen molar-refractivity contribution in [2.24, 2.45) is 0 Å². The van der Waals surface area contributed by atoms with Gasteiger partial charge in [-0.15, -0.1) is 0 Å². The summed E-state index contributed by atoms with van der Waals surface area (Å²) in [4.78, 5) is 11.9. The summed E-state index contributed by atoms with van der Waals surface area (Å²) < 4.78 is 17.4. The van der Waals surface area contributed by atoms with Crippen LogP contribution in [-0.2, 0) is 19.0 Å². The fourth-order valence-corrected chi connectivity index (χ4v) is 3.67. The molecule has 0 spiro atoms. The molecule has 0 aromatic rings. The molecule has 0 aliphatic carbocycles. The Balaban J connectivity index is 3.47. The Kier molecular flexibility index (Phi) is 19.0. The van der Waals surface area contributed by atoms with E-state index in [0.29, 0.717) is 19.6 Å². The van der Waals surface area contributed by atoms with E-state index in [1.807, 2.05) is 34.6 Å². The van der Waals surface area contributed by atoms with Crippen LogP contribution in [0.5, 0.6) is 0 Å². The van der Waals surface area contributed by atoms with Crippen molar-refractivity contribution >= 4 is 5.78 Å². The number of hydrogen-bond donors (Lipinski definition) is 0. The van der Waals surface area contributed by atoms with Gasteiger partial charge in [0, 0.05) is 13.0 Å². The normalized spacial score (nSPS) is 14.1. The number of rotatable bonds is 22. The number of ketones is 1. The highest BCUT2D eigenvalue weighted by molar-refractivity contribution is 5.86. The molecule has 0 aliphatic rings. The maximum absolute atomic E-state index is 11.9. The highest BCUT2D eigenvalue weighted by Crippen LogP contribution is 2.16. The molecule has 0 aromatic carbocycles. The van der Waals surface area contributed by atoms with Gasteiger partial charge in [-0.1, -0.05) is 84.5 Å². The third kappa shape index (κ3) is 17.3. The molecule has 0 heterocycles. The van der Waals surface area contributed by atoms with E-state index in [2.05, 4.69) is 6.92 Å². The largest absolute Gasteiger partial charge is 0.379 e. The molecule has 0 N–H and O–H groups in total. The molecule has 0 rings (SSSR count). The number of Topliss-reactive ketones (excluding diaryl/α,β-unsaturated/α-hetero) is 1. The zero-order valence-corrected chi connectivity index (χ0v) is 21.1. The van der Waals surface area contributed by atoms with Crippen LogP contribution in [0.2, 0.25) is 0 Å². The van der Waals surface area contributed by atoms with Gasteiger partial charge in [0.2, 0.25) is 0 Å². The Hall–Kier alpha value is -0.450. The van der Waals surface area contributed by atoms with Crippen LogP contribution in [0.1, 0.15) is 125 Å². The van der Waals surface area contributed by atoms with Crippen LogP contribution in [0.3, 0.4) is 0 Å². The van der Waals surface area contributed by atoms with Gasteiger partial charge < -0.3 is 14.2 Å². The Bertz CT molecular complexity index is 394. The lowest BCUT2D eigenvalue weighted by molar-refractivity contribution is -0.152. The predicted molar refractivity (Wildman–Crippen MR) is 127 cm³/mol. The minimum absolute atomic E-state index is 0.0402. The van der Waals surface area contributed by atoms with E-state index in [4.69, 9.17) is 14.2 Å². The van der Waals surface area contributed by atoms with Gasteiger partial charge >= 0.3 is 0 Å². The first-order valence-electron chi connectivity index (χ1n) is 12.7. The average Bonchev–Trinajstić information content (AvgIpc) is 2.71. The van der Waals surface area contributed by atoms with Crippen LogP contribution in [0.15, 0.2) is 0 Å². The minimum Gasteiger partial charge on any atom is -0.379 e. The molecule has 0 saturated heterocycles. The molecule has 180 valence electrons. The predicted octanol–water partition coefficient (Wildman–Crippen LogP) is 7.27. The molecule has 0 aliphatic heterocycles. The zero-order valence-electron chi connectivity index (χ0n) is 21.1. The number of unbranched alkanes of at least 4 members (excludes halogenated alkanes) is 11. The van der Waals surface area contributed by atoms with E-state index in [1.165, 1.54) is 70.6 Å². The van der Waals surface area contributed by atoms with E-state index in [1.54, 1.807) is 0 Å². The van der Waals surface area contributed by atoms with Gasteiger partial charge in [0.05, 0.1) is 25.4 Å². The molecule has 0 amide bonds. The molecule has 2 atom stereocenters. The van der Waals surface area contributed by atoms with Gasteiger partial charge in [0.1, 0.15) is 5.60 Å². The van der Waals surface area contributed by atoms with Crippen LogP contribution < -0.4 is 0 Å². The zero-order chi connectivity index (χ0) is 22.7. The number of ether oxygens (including phenoxy) is 3. The van der Waals surface area contributed by atoms with Crippen LogP contribution >= 0.6 is 0 Å². The molecule has 4 nitrogen and oxygen atoms in total. The first-order chi connectivity index (χ1) is 14.3. The van der Waals surface area contributed by atoms with Gasteiger partial charge in [-0.05, 0) is 34.1 Å². The fraction of sp³-hybridized carbons (Fsp3) is 0.962. The first-order valence-corrected chi connectivity index (χ1v) is 12.7. The summed E-state index contributed by atoms with van der Waals surface area (Å²) in [5.41, 5.74) is -0.744. The van der Waals surface area contributed by atoms with Crippen molar-refractivity contribution in [2.45, 2.75) is 143 Å². The molecule has 0 saturated carbocycles. The van der Waals surface area contributed by atoms with Crippen molar-refractivity contribution in [3.63, 3.8) is 0 Å². The summed E-state index contributed by atoms with van der Waals surface area (Å²) in [5.74, 6) is 0.119. The standard InChI is InChI=1S/C26H52O4/c1-7-9-10-11-12-13-14-15-16-17-18-19-20-28-21-23(3)29-22-24(4)30-26(5,6)25(27)8-2/h23-24H,7-22H2,1-6H3. The topological polar surface area (TPSA) is 44.8 Å². The molecule has 4 heteroatoms. The number of carbonyl (C=O) groups is 1. The molecule has 0 aromatic heterocycles. The highest BCUT2D eigenvalue weighted by Gasteiger charge is 2.28. The molecule has 30 heavy (non-hydrogen) atoms. The Morgan fingerprint density at radius 3 is 1.73 bits per heavy atom. The Labute approximate surface area is 187 Å². The molecular weight excluding hydrogens is 376 g/mol. The van der Waals surface area contributed by atoms with E-state index >= 15 is 0 Å². The van der Waals surface area contributed by atoms with E-state index < -0.39 is 5.60 Å². The lowest BCUT2D eigenvalue weighted by Crippen LogP contribution is -2.39. The third-order valence-electron chi connectivity index (χ3n) is 5.60. The van der Waals surface area contributed by atoms with Crippen LogP contribution in [0.4, 0.5) is 0 Å². The van der Waals surface area contributed by atoms with Crippen molar-refractivity contribution in [2.75, 3.05) is 19.8 Å². The van der Waals surface area contributed by atoms with E-state index in [0.717, 1.165) is 13.0 Å². The second-order valence-electron chi connectivity index (χ2n) is 9.32. The summed E-state index contributed by atoms with van der Waals surface area (Å²) >= 11 is 0. The number of carbonyl (C=O) groups excluding carboxylic acids is 1. The second-order valence-corrected chi connectivity index (χ2v) is 9.32. The summed E-state index contributed by atoms with van der Waals surface area (Å²) in [6, 6.07) is 0. The smallest absolute Gasteiger partial charge is 0.163 e. The van der Waals surface area contributed by atoms with Crippen molar-refractivity contribution in [1.82, 2.24) is 0 Å². The van der Waals surface area contributed by atoms with Gasteiger partial charge in [-0.2, -0.15) is 0 Å². The quantitative estimate of drug-likeness (QED) is 0.170. The van der Waals surface area contributed by atoms with Gasteiger partial charge in [0.25, 0.3) is 0 Å². The van der Waals surface area contributed by atoms with E-state index in [9.17, 15) is 4.79 Å². The van der Waals surface area contributed by atoms with Gasteiger partial charge in [0.15, 0.2) is 5.78 Å². The van der Waals surface area contributed by atoms with Crippen LogP contribution in [0, 0.1) is 0 Å². The summed E-state index contributed by atoms with van der Waals surface area (Å²) in [5, 5.41) is 0. The molecule has 0 radical (unpaired) electrons. The first kappa shape index (κ1) is 29.5. The third-order valence-corrected chi connectivity index (χ3v) is 5.60. The minimum atomic E-state index is -0.744. The average molecular weight is 429 g/mol. The Morgan fingerprint density at radius 1 is 0.733 bits per heavy atom. The van der Waals surface area contributed by atoms with Gasteiger partial charge in [-0.25, -0.2) is 0 Å².